The highest BCUT2D eigenvalue weighted by Gasteiger charge is 2.34. The molecule has 0 fully saturated rings. The summed E-state index contributed by atoms with van der Waals surface area (Å²) < 4.78 is 43.8. The maximum absolute atomic E-state index is 11.8. The molecule has 0 spiro atoms. The third kappa shape index (κ3) is 8.24. The Morgan fingerprint density at radius 1 is 1.27 bits per heavy atom. The van der Waals surface area contributed by atoms with E-state index in [0.717, 1.165) is 6.92 Å². The number of alkyl halides is 3. The Morgan fingerprint density at radius 2 is 1.80 bits per heavy atom. The van der Waals surface area contributed by atoms with Gasteiger partial charge in [-0.2, -0.15) is 0 Å². The van der Waals surface area contributed by atoms with Gasteiger partial charge in [-0.3, -0.25) is 4.74 Å². The fourth-order valence-electron chi connectivity index (χ4n) is 0.909. The quantitative estimate of drug-likeness (QED) is 0.587. The van der Waals surface area contributed by atoms with Gasteiger partial charge in [0, 0.05) is 0 Å². The van der Waals surface area contributed by atoms with Gasteiger partial charge in [0.05, 0.1) is 0 Å². The summed E-state index contributed by atoms with van der Waals surface area (Å²) in [6.07, 6.45) is -6.19. The summed E-state index contributed by atoms with van der Waals surface area (Å²) in [4.78, 5) is 0. The molecule has 3 nitrogen and oxygen atoms in total. The van der Waals surface area contributed by atoms with Crippen molar-refractivity contribution in [3.8, 4) is 11.8 Å². The lowest BCUT2D eigenvalue weighted by Crippen LogP contribution is -2.32. The number of ether oxygens (including phenoxy) is 2. The van der Waals surface area contributed by atoms with E-state index in [2.05, 4.69) is 16.6 Å². The van der Waals surface area contributed by atoms with Gasteiger partial charge in [0.15, 0.2) is 6.29 Å². The standard InChI is InChI=1S/C9H13F3O3/c1-7(15-9(10,11)12)14-8(2,3)5-4-6-13/h7,13H,6H2,1-3H3. The van der Waals surface area contributed by atoms with E-state index in [4.69, 9.17) is 9.84 Å². The van der Waals surface area contributed by atoms with E-state index in [1.807, 2.05) is 0 Å². The first kappa shape index (κ1) is 14.2. The number of rotatable bonds is 3. The number of aliphatic hydroxyl groups excluding tert-OH is 1. The summed E-state index contributed by atoms with van der Waals surface area (Å²) in [6.45, 7) is 3.70. The first-order valence-corrected chi connectivity index (χ1v) is 4.19. The average Bonchev–Trinajstić information content (AvgIpc) is 1.95. The highest BCUT2D eigenvalue weighted by Crippen LogP contribution is 2.21. The van der Waals surface area contributed by atoms with Gasteiger partial charge in [0.1, 0.15) is 12.2 Å². The number of hydrogen-bond donors (Lipinski definition) is 1. The molecule has 0 saturated heterocycles. The Bertz CT molecular complexity index is 250. The van der Waals surface area contributed by atoms with Gasteiger partial charge in [0.25, 0.3) is 0 Å². The summed E-state index contributed by atoms with van der Waals surface area (Å²) in [7, 11) is 0. The van der Waals surface area contributed by atoms with Crippen LogP contribution >= 0.6 is 0 Å². The van der Waals surface area contributed by atoms with Crippen molar-refractivity contribution in [2.45, 2.75) is 39.0 Å². The maximum atomic E-state index is 11.8. The fraction of sp³-hybridized carbons (Fsp3) is 0.778. The van der Waals surface area contributed by atoms with Crippen molar-refractivity contribution in [3.05, 3.63) is 0 Å². The molecule has 88 valence electrons. The highest BCUT2D eigenvalue weighted by atomic mass is 19.4. The van der Waals surface area contributed by atoms with E-state index in [-0.39, 0.29) is 6.61 Å². The highest BCUT2D eigenvalue weighted by molar-refractivity contribution is 5.11. The molecule has 0 aliphatic rings. The number of hydrogen-bond acceptors (Lipinski definition) is 3. The van der Waals surface area contributed by atoms with Gasteiger partial charge in [-0.1, -0.05) is 11.8 Å². The van der Waals surface area contributed by atoms with Gasteiger partial charge in [-0.05, 0) is 20.8 Å². The van der Waals surface area contributed by atoms with Crippen molar-refractivity contribution < 1.29 is 27.8 Å². The normalized spacial score (nSPS) is 14.3. The zero-order chi connectivity index (χ0) is 12.1. The van der Waals surface area contributed by atoms with E-state index in [1.165, 1.54) is 13.8 Å². The predicted octanol–water partition coefficient (Wildman–Crippen LogP) is 1.66. The molecule has 1 unspecified atom stereocenters. The summed E-state index contributed by atoms with van der Waals surface area (Å²) in [5.74, 6) is 4.76. The zero-order valence-electron chi connectivity index (χ0n) is 8.68. The Kier molecular flexibility index (Phi) is 5.08. The first-order chi connectivity index (χ1) is 6.66. The Labute approximate surface area is 86.2 Å². The van der Waals surface area contributed by atoms with Crippen LogP contribution in [0.5, 0.6) is 0 Å². The van der Waals surface area contributed by atoms with E-state index >= 15 is 0 Å². The molecule has 0 aromatic carbocycles. The van der Waals surface area contributed by atoms with Crippen LogP contribution in [-0.2, 0) is 9.47 Å². The van der Waals surface area contributed by atoms with Crippen molar-refractivity contribution in [1.29, 1.82) is 0 Å². The average molecular weight is 226 g/mol. The second kappa shape index (κ2) is 5.35. The minimum Gasteiger partial charge on any atom is -0.384 e. The van der Waals surface area contributed by atoms with Crippen LogP contribution in [0, 0.1) is 11.8 Å². The van der Waals surface area contributed by atoms with Crippen LogP contribution in [0.25, 0.3) is 0 Å². The molecule has 1 atom stereocenters. The minimum absolute atomic E-state index is 0.374. The van der Waals surface area contributed by atoms with E-state index < -0.39 is 18.3 Å². The monoisotopic (exact) mass is 226 g/mol. The molecule has 0 rings (SSSR count). The summed E-state index contributed by atoms with van der Waals surface area (Å²) in [5.41, 5.74) is -1.10. The SMILES string of the molecule is CC(OC(F)(F)F)OC(C)(C)C#CCO. The molecule has 0 heterocycles. The molecule has 6 heteroatoms. The van der Waals surface area contributed by atoms with E-state index in [0.29, 0.717) is 0 Å². The summed E-state index contributed by atoms with van der Waals surface area (Å²) in [6, 6.07) is 0. The lowest BCUT2D eigenvalue weighted by molar-refractivity contribution is -0.381. The molecule has 15 heavy (non-hydrogen) atoms. The third-order valence-corrected chi connectivity index (χ3v) is 1.23. The summed E-state index contributed by atoms with van der Waals surface area (Å²) in [5, 5.41) is 8.41. The van der Waals surface area contributed by atoms with Crippen LogP contribution in [0.1, 0.15) is 20.8 Å². The van der Waals surface area contributed by atoms with E-state index in [1.54, 1.807) is 0 Å². The predicted molar refractivity (Wildman–Crippen MR) is 46.6 cm³/mol. The topological polar surface area (TPSA) is 38.7 Å². The molecule has 0 aliphatic carbocycles. The van der Waals surface area contributed by atoms with Crippen molar-refractivity contribution in [2.75, 3.05) is 6.61 Å². The minimum atomic E-state index is -4.74. The van der Waals surface area contributed by atoms with Crippen molar-refractivity contribution in [2.24, 2.45) is 0 Å². The van der Waals surface area contributed by atoms with E-state index in [9.17, 15) is 13.2 Å². The first-order valence-electron chi connectivity index (χ1n) is 4.19. The molecular weight excluding hydrogens is 213 g/mol. The van der Waals surface area contributed by atoms with Gasteiger partial charge >= 0.3 is 6.36 Å². The molecule has 0 bridgehead atoms. The molecule has 0 radical (unpaired) electrons. The van der Waals surface area contributed by atoms with Crippen molar-refractivity contribution in [1.82, 2.24) is 0 Å². The molecule has 0 saturated carbocycles. The van der Waals surface area contributed by atoms with Crippen LogP contribution in [0.3, 0.4) is 0 Å². The Hall–Kier alpha value is -0.770. The number of aliphatic hydroxyl groups is 1. The van der Waals surface area contributed by atoms with Gasteiger partial charge < -0.3 is 9.84 Å². The maximum Gasteiger partial charge on any atom is 0.524 e. The molecule has 0 aromatic rings. The van der Waals surface area contributed by atoms with Crippen LogP contribution in [0.2, 0.25) is 0 Å². The smallest absolute Gasteiger partial charge is 0.384 e. The second-order valence-electron chi connectivity index (χ2n) is 3.22. The van der Waals surface area contributed by atoms with Crippen LogP contribution in [0.15, 0.2) is 0 Å². The molecule has 0 amide bonds. The lowest BCUT2D eigenvalue weighted by atomic mass is 10.1. The van der Waals surface area contributed by atoms with Crippen molar-refractivity contribution in [3.63, 3.8) is 0 Å². The van der Waals surface area contributed by atoms with Gasteiger partial charge in [-0.25, -0.2) is 0 Å². The van der Waals surface area contributed by atoms with Gasteiger partial charge in [-0.15, -0.1) is 13.2 Å². The third-order valence-electron chi connectivity index (χ3n) is 1.23. The van der Waals surface area contributed by atoms with Crippen LogP contribution in [-0.4, -0.2) is 30.0 Å². The molecule has 1 N–H and O–H groups in total. The van der Waals surface area contributed by atoms with Crippen LogP contribution in [0.4, 0.5) is 13.2 Å². The number of halogens is 3. The largest absolute Gasteiger partial charge is 0.524 e. The fourth-order valence-corrected chi connectivity index (χ4v) is 0.909. The molecule has 0 aromatic heterocycles. The van der Waals surface area contributed by atoms with Crippen molar-refractivity contribution >= 4 is 0 Å². The Balaban J connectivity index is 4.22. The molecule has 0 aliphatic heterocycles. The van der Waals surface area contributed by atoms with Crippen LogP contribution < -0.4 is 0 Å². The lowest BCUT2D eigenvalue weighted by Gasteiger charge is -2.24. The second-order valence-corrected chi connectivity index (χ2v) is 3.22. The summed E-state index contributed by atoms with van der Waals surface area (Å²) >= 11 is 0. The molecular formula is C9H13F3O3. The van der Waals surface area contributed by atoms with Gasteiger partial charge in [0.2, 0.25) is 0 Å². The zero-order valence-corrected chi connectivity index (χ0v) is 8.68. The Morgan fingerprint density at radius 3 is 2.20 bits per heavy atom.